The smallest absolute Gasteiger partial charge is 0.325 e. The Morgan fingerprint density at radius 1 is 1.55 bits per heavy atom. The summed E-state index contributed by atoms with van der Waals surface area (Å²) >= 11 is 0. The van der Waals surface area contributed by atoms with Gasteiger partial charge in [0, 0.05) is 6.07 Å². The highest BCUT2D eigenvalue weighted by Gasteiger charge is 2.40. The molecule has 0 spiro atoms. The fourth-order valence-electron chi connectivity index (χ4n) is 1.89. The lowest BCUT2D eigenvalue weighted by molar-refractivity contribution is -0.131. The molecule has 0 unspecified atom stereocenters. The summed E-state index contributed by atoms with van der Waals surface area (Å²) in [6.07, 6.45) is 0. The zero-order valence-electron chi connectivity index (χ0n) is 11.5. The van der Waals surface area contributed by atoms with E-state index in [2.05, 4.69) is 15.8 Å². The fraction of sp³-hybridized carbons (Fsp3) is 0.500. The first kappa shape index (κ1) is 14.0. The average Bonchev–Trinajstić information content (AvgIpc) is 2.87. The number of aromatic nitrogens is 1. The number of nitrogens with one attached hydrogen (secondary N) is 2. The molecule has 0 bridgehead atoms. The molecule has 0 aliphatic carbocycles. The molecule has 0 radical (unpaired) electrons. The summed E-state index contributed by atoms with van der Waals surface area (Å²) in [4.78, 5) is 36.3. The van der Waals surface area contributed by atoms with E-state index >= 15 is 0 Å². The van der Waals surface area contributed by atoms with Gasteiger partial charge in [-0.15, -0.1) is 0 Å². The monoisotopic (exact) mass is 280 g/mol. The Morgan fingerprint density at radius 2 is 2.25 bits per heavy atom. The van der Waals surface area contributed by atoms with Crippen molar-refractivity contribution in [2.75, 3.05) is 11.9 Å². The van der Waals surface area contributed by atoms with Crippen LogP contribution >= 0.6 is 0 Å². The molecule has 8 nitrogen and oxygen atoms in total. The van der Waals surface area contributed by atoms with Gasteiger partial charge in [0.15, 0.2) is 5.82 Å². The Hall–Kier alpha value is -2.38. The second-order valence-corrected chi connectivity index (χ2v) is 4.97. The zero-order chi connectivity index (χ0) is 14.9. The molecule has 108 valence electrons. The van der Waals surface area contributed by atoms with Gasteiger partial charge in [0.05, 0.1) is 0 Å². The Bertz CT molecular complexity index is 551. The van der Waals surface area contributed by atoms with Crippen LogP contribution in [-0.2, 0) is 9.59 Å². The average molecular weight is 280 g/mol. The van der Waals surface area contributed by atoms with E-state index in [1.54, 1.807) is 13.0 Å². The molecule has 1 fully saturated rings. The van der Waals surface area contributed by atoms with Crippen molar-refractivity contribution in [1.82, 2.24) is 15.4 Å². The van der Waals surface area contributed by atoms with Gasteiger partial charge in [-0.2, -0.15) is 0 Å². The van der Waals surface area contributed by atoms with E-state index in [-0.39, 0.29) is 18.3 Å². The van der Waals surface area contributed by atoms with Crippen molar-refractivity contribution in [2.45, 2.75) is 26.8 Å². The van der Waals surface area contributed by atoms with Gasteiger partial charge in [0.2, 0.25) is 5.91 Å². The Balaban J connectivity index is 1.97. The third kappa shape index (κ3) is 2.79. The van der Waals surface area contributed by atoms with E-state index in [9.17, 15) is 14.4 Å². The molecule has 2 heterocycles. The summed E-state index contributed by atoms with van der Waals surface area (Å²) in [5.41, 5.74) is 0. The number of hydrogen-bond acceptors (Lipinski definition) is 5. The third-order valence-corrected chi connectivity index (χ3v) is 2.92. The van der Waals surface area contributed by atoms with Gasteiger partial charge >= 0.3 is 6.03 Å². The summed E-state index contributed by atoms with van der Waals surface area (Å²) in [7, 11) is 0. The van der Waals surface area contributed by atoms with Crippen LogP contribution in [0.5, 0.6) is 0 Å². The number of amides is 4. The summed E-state index contributed by atoms with van der Waals surface area (Å²) in [6.45, 7) is 4.99. The van der Waals surface area contributed by atoms with Crippen molar-refractivity contribution in [3.05, 3.63) is 11.8 Å². The predicted molar refractivity (Wildman–Crippen MR) is 68.7 cm³/mol. The van der Waals surface area contributed by atoms with Gasteiger partial charge in [-0.05, 0) is 12.8 Å². The lowest BCUT2D eigenvalue weighted by Crippen LogP contribution is -2.39. The Kier molecular flexibility index (Phi) is 3.73. The number of aryl methyl sites for hydroxylation is 1. The molecule has 8 heteroatoms. The molecular weight excluding hydrogens is 264 g/mol. The second-order valence-electron chi connectivity index (χ2n) is 4.97. The largest absolute Gasteiger partial charge is 0.360 e. The molecule has 1 aliphatic rings. The predicted octanol–water partition coefficient (Wildman–Crippen LogP) is 0.498. The van der Waals surface area contributed by atoms with Crippen LogP contribution in [0.3, 0.4) is 0 Å². The van der Waals surface area contributed by atoms with E-state index in [0.29, 0.717) is 5.76 Å². The third-order valence-electron chi connectivity index (χ3n) is 2.92. The van der Waals surface area contributed by atoms with E-state index in [4.69, 9.17) is 4.52 Å². The summed E-state index contributed by atoms with van der Waals surface area (Å²) < 4.78 is 4.80. The fourth-order valence-corrected chi connectivity index (χ4v) is 1.89. The summed E-state index contributed by atoms with van der Waals surface area (Å²) in [5.74, 6) is -0.129. The zero-order valence-corrected chi connectivity index (χ0v) is 11.5. The number of urea groups is 1. The van der Waals surface area contributed by atoms with E-state index in [1.807, 2.05) is 13.8 Å². The molecule has 2 rings (SSSR count). The summed E-state index contributed by atoms with van der Waals surface area (Å²) in [5, 5.41) is 8.61. The topological polar surface area (TPSA) is 105 Å². The van der Waals surface area contributed by atoms with Crippen LogP contribution in [0.4, 0.5) is 10.6 Å². The van der Waals surface area contributed by atoms with Crippen LogP contribution in [-0.4, -0.2) is 40.5 Å². The maximum absolute atomic E-state index is 12.0. The minimum atomic E-state index is -0.579. The minimum absolute atomic E-state index is 0.0299. The molecule has 4 amide bonds. The van der Waals surface area contributed by atoms with Crippen molar-refractivity contribution in [3.8, 4) is 0 Å². The number of carbonyl (C=O) groups excluding carboxylic acids is 3. The molecule has 1 saturated heterocycles. The van der Waals surface area contributed by atoms with E-state index in [0.717, 1.165) is 4.90 Å². The minimum Gasteiger partial charge on any atom is -0.360 e. The molecule has 1 aliphatic heterocycles. The lowest BCUT2D eigenvalue weighted by Gasteiger charge is -2.13. The molecule has 1 aromatic rings. The highest BCUT2D eigenvalue weighted by molar-refractivity contribution is 6.07. The van der Waals surface area contributed by atoms with Gasteiger partial charge in [-0.3, -0.25) is 14.5 Å². The first-order valence-corrected chi connectivity index (χ1v) is 6.23. The molecule has 1 aromatic heterocycles. The number of hydrogen-bond donors (Lipinski definition) is 2. The van der Waals surface area contributed by atoms with Crippen LogP contribution in [0, 0.1) is 12.8 Å². The standard InChI is InChI=1S/C12H16N4O4/c1-6(2)10-11(18)16(12(19)14-10)5-9(17)13-8-4-7(3)20-15-8/h4,6,10H,5H2,1-3H3,(H,14,19)(H,13,15,17)/t10-/m0/s1. The van der Waals surface area contributed by atoms with Crippen LogP contribution < -0.4 is 10.6 Å². The quantitative estimate of drug-likeness (QED) is 0.781. The Morgan fingerprint density at radius 3 is 2.75 bits per heavy atom. The highest BCUT2D eigenvalue weighted by Crippen LogP contribution is 2.14. The van der Waals surface area contributed by atoms with Crippen molar-refractivity contribution in [2.24, 2.45) is 5.92 Å². The van der Waals surface area contributed by atoms with Gasteiger partial charge in [-0.1, -0.05) is 19.0 Å². The molecule has 1 atom stereocenters. The van der Waals surface area contributed by atoms with E-state index in [1.165, 1.54) is 0 Å². The van der Waals surface area contributed by atoms with Gasteiger partial charge < -0.3 is 15.2 Å². The van der Waals surface area contributed by atoms with Crippen molar-refractivity contribution < 1.29 is 18.9 Å². The first-order chi connectivity index (χ1) is 9.38. The van der Waals surface area contributed by atoms with Gasteiger partial charge in [0.1, 0.15) is 18.3 Å². The first-order valence-electron chi connectivity index (χ1n) is 6.23. The Labute approximate surface area is 115 Å². The molecule has 0 saturated carbocycles. The summed E-state index contributed by atoms with van der Waals surface area (Å²) in [6, 6.07) is 0.408. The normalized spacial score (nSPS) is 18.6. The second kappa shape index (κ2) is 5.32. The number of nitrogens with zero attached hydrogens (tertiary/aromatic N) is 2. The SMILES string of the molecule is Cc1cc(NC(=O)CN2C(=O)N[C@@H](C(C)C)C2=O)no1. The number of rotatable bonds is 4. The maximum atomic E-state index is 12.0. The number of carbonyl (C=O) groups is 3. The van der Waals surface area contributed by atoms with Crippen molar-refractivity contribution >= 4 is 23.7 Å². The van der Waals surface area contributed by atoms with E-state index < -0.39 is 23.9 Å². The van der Waals surface area contributed by atoms with Crippen LogP contribution in [0.2, 0.25) is 0 Å². The molecule has 2 N–H and O–H groups in total. The van der Waals surface area contributed by atoms with Crippen molar-refractivity contribution in [3.63, 3.8) is 0 Å². The lowest BCUT2D eigenvalue weighted by atomic mass is 10.1. The van der Waals surface area contributed by atoms with Gasteiger partial charge in [-0.25, -0.2) is 4.79 Å². The van der Waals surface area contributed by atoms with Crippen LogP contribution in [0.1, 0.15) is 19.6 Å². The maximum Gasteiger partial charge on any atom is 0.325 e. The molecular formula is C12H16N4O4. The van der Waals surface area contributed by atoms with Crippen LogP contribution in [0.25, 0.3) is 0 Å². The molecule has 0 aromatic carbocycles. The van der Waals surface area contributed by atoms with Crippen molar-refractivity contribution in [1.29, 1.82) is 0 Å². The number of imide groups is 1. The molecule has 20 heavy (non-hydrogen) atoms. The highest BCUT2D eigenvalue weighted by atomic mass is 16.5. The van der Waals surface area contributed by atoms with Crippen LogP contribution in [0.15, 0.2) is 10.6 Å². The van der Waals surface area contributed by atoms with Gasteiger partial charge in [0.25, 0.3) is 5.91 Å². The number of anilines is 1.